The molecule has 2 N–H and O–H groups in total. The molecular weight excluding hydrogens is 158 g/mol. The highest BCUT2D eigenvalue weighted by Gasteiger charge is 1.94. The van der Waals surface area contributed by atoms with E-state index in [1.165, 1.54) is 0 Å². The van der Waals surface area contributed by atoms with Crippen molar-refractivity contribution >= 4 is 11.9 Å². The van der Waals surface area contributed by atoms with Crippen LogP contribution in [0.25, 0.3) is 0 Å². The third kappa shape index (κ3) is 6.80. The fourth-order valence-corrected chi connectivity index (χ4v) is 0.594. The summed E-state index contributed by atoms with van der Waals surface area (Å²) < 4.78 is 0. The Balaban J connectivity index is 3.53. The molecule has 4 heteroatoms. The van der Waals surface area contributed by atoms with Gasteiger partial charge in [0.25, 0.3) is 0 Å². The molecular formula is C8H13NO3. The average molecular weight is 171 g/mol. The van der Waals surface area contributed by atoms with Crippen molar-refractivity contribution in [3.8, 4) is 0 Å². The van der Waals surface area contributed by atoms with Crippen molar-refractivity contribution in [2.45, 2.75) is 19.8 Å². The quantitative estimate of drug-likeness (QED) is 0.468. The lowest BCUT2D eigenvalue weighted by atomic mass is 10.3. The van der Waals surface area contributed by atoms with Gasteiger partial charge in [-0.1, -0.05) is 13.3 Å². The maximum Gasteiger partial charge on any atom is 0.328 e. The largest absolute Gasteiger partial charge is 0.478 e. The summed E-state index contributed by atoms with van der Waals surface area (Å²) in [6, 6.07) is 0. The van der Waals surface area contributed by atoms with E-state index in [1.54, 1.807) is 0 Å². The maximum absolute atomic E-state index is 10.8. The van der Waals surface area contributed by atoms with Gasteiger partial charge in [0.05, 0.1) is 0 Å². The van der Waals surface area contributed by atoms with Crippen LogP contribution in [0.4, 0.5) is 0 Å². The predicted octanol–water partition coefficient (Wildman–Crippen LogP) is 0.544. The fourth-order valence-electron chi connectivity index (χ4n) is 0.594. The Morgan fingerprint density at radius 2 is 2.08 bits per heavy atom. The first kappa shape index (κ1) is 10.7. The highest BCUT2D eigenvalue weighted by Crippen LogP contribution is 1.82. The first-order valence-electron chi connectivity index (χ1n) is 3.85. The zero-order chi connectivity index (χ0) is 9.40. The van der Waals surface area contributed by atoms with Crippen molar-refractivity contribution in [3.63, 3.8) is 0 Å². The molecule has 0 bridgehead atoms. The summed E-state index contributed by atoms with van der Waals surface area (Å²) in [7, 11) is 0. The molecule has 0 heterocycles. The Bertz CT molecular complexity index is 187. The van der Waals surface area contributed by atoms with Gasteiger partial charge in [-0.05, 0) is 6.42 Å². The van der Waals surface area contributed by atoms with E-state index in [-0.39, 0.29) is 5.91 Å². The second kappa shape index (κ2) is 6.39. The van der Waals surface area contributed by atoms with Gasteiger partial charge in [0, 0.05) is 18.7 Å². The molecule has 12 heavy (non-hydrogen) atoms. The Labute approximate surface area is 71.3 Å². The van der Waals surface area contributed by atoms with E-state index in [4.69, 9.17) is 5.11 Å². The first-order chi connectivity index (χ1) is 5.66. The Kier molecular flexibility index (Phi) is 5.69. The van der Waals surface area contributed by atoms with Crippen LogP contribution < -0.4 is 5.32 Å². The minimum atomic E-state index is -1.11. The van der Waals surface area contributed by atoms with E-state index >= 15 is 0 Å². The van der Waals surface area contributed by atoms with Gasteiger partial charge in [0.15, 0.2) is 0 Å². The summed E-state index contributed by atoms with van der Waals surface area (Å²) in [6.45, 7) is 2.61. The minimum Gasteiger partial charge on any atom is -0.478 e. The third-order valence-corrected chi connectivity index (χ3v) is 1.21. The Hall–Kier alpha value is -1.32. The van der Waals surface area contributed by atoms with Crippen LogP contribution in [-0.4, -0.2) is 23.5 Å². The van der Waals surface area contributed by atoms with Crippen LogP contribution in [0.5, 0.6) is 0 Å². The molecule has 0 aliphatic carbocycles. The van der Waals surface area contributed by atoms with Crippen LogP contribution in [0.2, 0.25) is 0 Å². The number of carbonyl (C=O) groups excluding carboxylic acids is 1. The number of rotatable bonds is 5. The number of amides is 1. The average Bonchev–Trinajstić information content (AvgIpc) is 2.01. The SMILES string of the molecule is CCCCNC(=O)C=CC(=O)O. The van der Waals surface area contributed by atoms with E-state index in [1.807, 2.05) is 6.92 Å². The number of aliphatic carboxylic acids is 1. The Morgan fingerprint density at radius 3 is 2.58 bits per heavy atom. The topological polar surface area (TPSA) is 66.4 Å². The van der Waals surface area contributed by atoms with Crippen LogP contribution in [0.3, 0.4) is 0 Å². The zero-order valence-corrected chi connectivity index (χ0v) is 7.04. The molecule has 0 unspecified atom stereocenters. The number of carbonyl (C=O) groups is 2. The van der Waals surface area contributed by atoms with E-state index in [2.05, 4.69) is 5.32 Å². The molecule has 0 rings (SSSR count). The van der Waals surface area contributed by atoms with Crippen molar-refractivity contribution < 1.29 is 14.7 Å². The van der Waals surface area contributed by atoms with Crippen LogP contribution in [-0.2, 0) is 9.59 Å². The molecule has 0 radical (unpaired) electrons. The molecule has 0 saturated carbocycles. The van der Waals surface area contributed by atoms with Gasteiger partial charge in [-0.15, -0.1) is 0 Å². The van der Waals surface area contributed by atoms with E-state index in [9.17, 15) is 9.59 Å². The van der Waals surface area contributed by atoms with Crippen LogP contribution in [0.1, 0.15) is 19.8 Å². The molecule has 68 valence electrons. The minimum absolute atomic E-state index is 0.356. The molecule has 0 aliphatic rings. The van der Waals surface area contributed by atoms with E-state index in [0.717, 1.165) is 25.0 Å². The highest BCUT2D eigenvalue weighted by atomic mass is 16.4. The number of unbranched alkanes of at least 4 members (excludes halogenated alkanes) is 1. The molecule has 1 amide bonds. The molecule has 0 saturated heterocycles. The highest BCUT2D eigenvalue weighted by molar-refractivity contribution is 5.93. The molecule has 0 aromatic carbocycles. The standard InChI is InChI=1S/C8H13NO3/c1-2-3-6-9-7(10)4-5-8(11)12/h4-5H,2-3,6H2,1H3,(H,9,10)(H,11,12). The Morgan fingerprint density at radius 1 is 1.42 bits per heavy atom. The zero-order valence-electron chi connectivity index (χ0n) is 7.04. The second-order valence-electron chi connectivity index (χ2n) is 2.32. The monoisotopic (exact) mass is 171 g/mol. The lowest BCUT2D eigenvalue weighted by molar-refractivity contribution is -0.131. The molecule has 0 atom stereocenters. The lowest BCUT2D eigenvalue weighted by Gasteiger charge is -1.97. The van der Waals surface area contributed by atoms with Gasteiger partial charge < -0.3 is 10.4 Å². The van der Waals surface area contributed by atoms with E-state index < -0.39 is 5.97 Å². The lowest BCUT2D eigenvalue weighted by Crippen LogP contribution is -2.22. The maximum atomic E-state index is 10.8. The molecule has 0 fully saturated rings. The summed E-state index contributed by atoms with van der Waals surface area (Å²) in [4.78, 5) is 20.7. The third-order valence-electron chi connectivity index (χ3n) is 1.21. The summed E-state index contributed by atoms with van der Waals surface area (Å²) in [6.07, 6.45) is 3.74. The van der Waals surface area contributed by atoms with Gasteiger partial charge in [-0.2, -0.15) is 0 Å². The molecule has 4 nitrogen and oxygen atoms in total. The number of hydrogen-bond acceptors (Lipinski definition) is 2. The van der Waals surface area contributed by atoms with Gasteiger partial charge >= 0.3 is 5.97 Å². The second-order valence-corrected chi connectivity index (χ2v) is 2.32. The van der Waals surface area contributed by atoms with Gasteiger partial charge in [-0.3, -0.25) is 4.79 Å². The normalized spacial score (nSPS) is 10.1. The number of hydrogen-bond donors (Lipinski definition) is 2. The molecule has 0 aromatic rings. The van der Waals surface area contributed by atoms with Gasteiger partial charge in [-0.25, -0.2) is 4.79 Å². The predicted molar refractivity (Wildman–Crippen MR) is 44.7 cm³/mol. The number of carboxylic acids is 1. The van der Waals surface area contributed by atoms with E-state index in [0.29, 0.717) is 6.54 Å². The molecule has 0 aliphatic heterocycles. The van der Waals surface area contributed by atoms with Crippen LogP contribution in [0.15, 0.2) is 12.2 Å². The van der Waals surface area contributed by atoms with Crippen molar-refractivity contribution in [2.75, 3.05) is 6.54 Å². The van der Waals surface area contributed by atoms with Crippen molar-refractivity contribution in [1.29, 1.82) is 0 Å². The van der Waals surface area contributed by atoms with Gasteiger partial charge in [0.2, 0.25) is 5.91 Å². The summed E-state index contributed by atoms with van der Waals surface area (Å²) >= 11 is 0. The van der Waals surface area contributed by atoms with Crippen LogP contribution in [0, 0.1) is 0 Å². The number of carboxylic acid groups (broad SMARTS) is 1. The summed E-state index contributed by atoms with van der Waals surface area (Å²) in [5.41, 5.74) is 0. The number of nitrogens with one attached hydrogen (secondary N) is 1. The smallest absolute Gasteiger partial charge is 0.328 e. The van der Waals surface area contributed by atoms with Crippen LogP contribution >= 0.6 is 0 Å². The van der Waals surface area contributed by atoms with Crippen molar-refractivity contribution in [1.82, 2.24) is 5.32 Å². The van der Waals surface area contributed by atoms with Crippen molar-refractivity contribution in [3.05, 3.63) is 12.2 Å². The van der Waals surface area contributed by atoms with Gasteiger partial charge in [0.1, 0.15) is 0 Å². The molecule has 0 spiro atoms. The van der Waals surface area contributed by atoms with Crippen molar-refractivity contribution in [2.24, 2.45) is 0 Å². The summed E-state index contributed by atoms with van der Waals surface area (Å²) in [5.74, 6) is -1.47. The fraction of sp³-hybridized carbons (Fsp3) is 0.500. The first-order valence-corrected chi connectivity index (χ1v) is 3.85. The summed E-state index contributed by atoms with van der Waals surface area (Å²) in [5, 5.41) is 10.7. The molecule has 0 aromatic heterocycles.